The Hall–Kier alpha value is -3.35. The van der Waals surface area contributed by atoms with Gasteiger partial charge in [0.25, 0.3) is 0 Å². The molecule has 3 N–H and O–H groups in total. The maximum Gasteiger partial charge on any atom is 0.407 e. The third-order valence-electron chi connectivity index (χ3n) is 6.25. The molecular formula is C27H34N2O5. The summed E-state index contributed by atoms with van der Waals surface area (Å²) in [5.41, 5.74) is 4.57. The Morgan fingerprint density at radius 1 is 0.971 bits per heavy atom. The van der Waals surface area contributed by atoms with E-state index in [1.165, 1.54) is 0 Å². The number of fused-ring (bicyclic) bond motifs is 3. The summed E-state index contributed by atoms with van der Waals surface area (Å²) in [5.74, 6) is -1.76. The molecule has 2 amide bonds. The maximum absolute atomic E-state index is 12.7. The highest BCUT2D eigenvalue weighted by atomic mass is 16.5. The molecule has 182 valence electrons. The van der Waals surface area contributed by atoms with Gasteiger partial charge in [0.05, 0.1) is 0 Å². The Morgan fingerprint density at radius 2 is 1.56 bits per heavy atom. The van der Waals surface area contributed by atoms with Crippen molar-refractivity contribution in [1.82, 2.24) is 10.6 Å². The molecule has 0 radical (unpaired) electrons. The van der Waals surface area contributed by atoms with Crippen LogP contribution in [0, 0.1) is 5.92 Å². The van der Waals surface area contributed by atoms with Gasteiger partial charge in [-0.2, -0.15) is 0 Å². The van der Waals surface area contributed by atoms with Gasteiger partial charge in [-0.15, -0.1) is 0 Å². The molecule has 2 atom stereocenters. The summed E-state index contributed by atoms with van der Waals surface area (Å²) >= 11 is 0. The SMILES string of the molecule is CCCC[C@H](CC(=O)N[C@@H](C(=O)O)C(C)C)NC(=O)OCC1c2ccccc2-c2ccccc21. The zero-order chi connectivity index (χ0) is 24.7. The molecule has 1 aliphatic carbocycles. The molecule has 0 saturated heterocycles. The van der Waals surface area contributed by atoms with Crippen LogP contribution in [0.1, 0.15) is 63.5 Å². The predicted molar refractivity (Wildman–Crippen MR) is 131 cm³/mol. The molecule has 0 heterocycles. The van der Waals surface area contributed by atoms with Crippen LogP contribution in [0.25, 0.3) is 11.1 Å². The minimum Gasteiger partial charge on any atom is -0.480 e. The van der Waals surface area contributed by atoms with E-state index in [-0.39, 0.29) is 24.9 Å². The number of alkyl carbamates (subject to hydrolysis) is 1. The number of benzene rings is 2. The summed E-state index contributed by atoms with van der Waals surface area (Å²) in [7, 11) is 0. The first-order chi connectivity index (χ1) is 16.3. The van der Waals surface area contributed by atoms with E-state index in [0.29, 0.717) is 6.42 Å². The minimum absolute atomic E-state index is 0.000690. The summed E-state index contributed by atoms with van der Waals surface area (Å²) in [6.07, 6.45) is 1.77. The average molecular weight is 467 g/mol. The lowest BCUT2D eigenvalue weighted by Gasteiger charge is -2.22. The first-order valence-corrected chi connectivity index (χ1v) is 12.0. The highest BCUT2D eigenvalue weighted by Gasteiger charge is 2.30. The zero-order valence-electron chi connectivity index (χ0n) is 20.0. The molecule has 0 aliphatic heterocycles. The fourth-order valence-corrected chi connectivity index (χ4v) is 4.45. The maximum atomic E-state index is 12.7. The van der Waals surface area contributed by atoms with E-state index in [1.807, 2.05) is 31.2 Å². The molecule has 2 aromatic rings. The van der Waals surface area contributed by atoms with E-state index in [9.17, 15) is 19.5 Å². The van der Waals surface area contributed by atoms with E-state index in [4.69, 9.17) is 4.74 Å². The highest BCUT2D eigenvalue weighted by molar-refractivity contribution is 5.84. The second-order valence-electron chi connectivity index (χ2n) is 9.14. The number of carbonyl (C=O) groups is 3. The molecule has 1 aliphatic rings. The summed E-state index contributed by atoms with van der Waals surface area (Å²) in [6, 6.07) is 14.9. The molecule has 0 unspecified atom stereocenters. The largest absolute Gasteiger partial charge is 0.480 e. The van der Waals surface area contributed by atoms with Gasteiger partial charge in [0.15, 0.2) is 0 Å². The van der Waals surface area contributed by atoms with Gasteiger partial charge in [0.1, 0.15) is 12.6 Å². The number of carboxylic acid groups (broad SMARTS) is 1. The van der Waals surface area contributed by atoms with Crippen LogP contribution in [0.4, 0.5) is 4.79 Å². The minimum atomic E-state index is -1.07. The second kappa shape index (κ2) is 11.7. The Morgan fingerprint density at radius 3 is 2.09 bits per heavy atom. The standard InChI is InChI=1S/C27H34N2O5/c1-4-5-10-18(15-24(30)29-25(17(2)3)26(31)32)28-27(33)34-16-23-21-13-8-6-11-19(21)20-12-7-9-14-22(20)23/h6-9,11-14,17-18,23,25H,4-5,10,15-16H2,1-3H3,(H,28,33)(H,29,30)(H,31,32)/t18-,25-/m1/s1. The lowest BCUT2D eigenvalue weighted by Crippen LogP contribution is -2.47. The van der Waals surface area contributed by atoms with Crippen molar-refractivity contribution in [1.29, 1.82) is 0 Å². The summed E-state index contributed by atoms with van der Waals surface area (Å²) in [5, 5.41) is 14.7. The van der Waals surface area contributed by atoms with Crippen molar-refractivity contribution >= 4 is 18.0 Å². The molecule has 0 saturated carbocycles. The van der Waals surface area contributed by atoms with Crippen LogP contribution in [-0.2, 0) is 14.3 Å². The van der Waals surface area contributed by atoms with Crippen molar-refractivity contribution in [3.8, 4) is 11.1 Å². The molecule has 3 rings (SSSR count). The molecule has 7 nitrogen and oxygen atoms in total. The van der Waals surface area contributed by atoms with E-state index < -0.39 is 30.1 Å². The Kier molecular flexibility index (Phi) is 8.68. The summed E-state index contributed by atoms with van der Waals surface area (Å²) in [6.45, 7) is 5.70. The van der Waals surface area contributed by atoms with Crippen LogP contribution in [0.5, 0.6) is 0 Å². The smallest absolute Gasteiger partial charge is 0.407 e. The molecule has 0 bridgehead atoms. The first-order valence-electron chi connectivity index (χ1n) is 12.0. The molecule has 2 aromatic carbocycles. The van der Waals surface area contributed by atoms with Crippen LogP contribution in [-0.4, -0.2) is 41.8 Å². The number of carboxylic acids is 1. The number of rotatable bonds is 11. The molecular weight excluding hydrogens is 432 g/mol. The van der Waals surface area contributed by atoms with Gasteiger partial charge < -0.3 is 20.5 Å². The molecule has 7 heteroatoms. The number of amides is 2. The fourth-order valence-electron chi connectivity index (χ4n) is 4.45. The number of nitrogens with one attached hydrogen (secondary N) is 2. The van der Waals surface area contributed by atoms with Gasteiger partial charge in [0, 0.05) is 18.4 Å². The quantitative estimate of drug-likeness (QED) is 0.445. The van der Waals surface area contributed by atoms with Crippen LogP contribution in [0.15, 0.2) is 48.5 Å². The van der Waals surface area contributed by atoms with Crippen molar-refractivity contribution in [2.24, 2.45) is 5.92 Å². The second-order valence-corrected chi connectivity index (χ2v) is 9.14. The van der Waals surface area contributed by atoms with Gasteiger partial charge in [-0.05, 0) is 34.6 Å². The fraction of sp³-hybridized carbons (Fsp3) is 0.444. The monoisotopic (exact) mass is 466 g/mol. The van der Waals surface area contributed by atoms with Crippen molar-refractivity contribution in [2.75, 3.05) is 6.61 Å². The predicted octanol–water partition coefficient (Wildman–Crippen LogP) is 4.70. The average Bonchev–Trinajstić information content (AvgIpc) is 3.13. The Balaban J connectivity index is 1.61. The van der Waals surface area contributed by atoms with Crippen molar-refractivity contribution in [3.05, 3.63) is 59.7 Å². The molecule has 0 spiro atoms. The number of unbranched alkanes of at least 4 members (excludes halogenated alkanes) is 1. The van der Waals surface area contributed by atoms with Gasteiger partial charge in [0.2, 0.25) is 5.91 Å². The number of carbonyl (C=O) groups excluding carboxylic acids is 2. The van der Waals surface area contributed by atoms with Crippen molar-refractivity contribution < 1.29 is 24.2 Å². The topological polar surface area (TPSA) is 105 Å². The summed E-state index contributed by atoms with van der Waals surface area (Å²) in [4.78, 5) is 36.5. The van der Waals surface area contributed by atoms with Gasteiger partial charge in [-0.1, -0.05) is 82.1 Å². The van der Waals surface area contributed by atoms with Crippen molar-refractivity contribution in [3.63, 3.8) is 0 Å². The lowest BCUT2D eigenvalue weighted by molar-refractivity contribution is -0.143. The van der Waals surface area contributed by atoms with Gasteiger partial charge >= 0.3 is 12.1 Å². The number of hydrogen-bond donors (Lipinski definition) is 3. The van der Waals surface area contributed by atoms with E-state index >= 15 is 0 Å². The number of hydrogen-bond acceptors (Lipinski definition) is 4. The van der Waals surface area contributed by atoms with Gasteiger partial charge in [-0.3, -0.25) is 4.79 Å². The molecule has 34 heavy (non-hydrogen) atoms. The number of ether oxygens (including phenoxy) is 1. The van der Waals surface area contributed by atoms with E-state index in [0.717, 1.165) is 35.1 Å². The Labute approximate surface area is 200 Å². The van der Waals surface area contributed by atoms with E-state index in [2.05, 4.69) is 34.9 Å². The van der Waals surface area contributed by atoms with Gasteiger partial charge in [-0.25, -0.2) is 9.59 Å². The number of aliphatic carboxylic acids is 1. The zero-order valence-corrected chi connectivity index (χ0v) is 20.0. The van der Waals surface area contributed by atoms with Crippen LogP contribution < -0.4 is 10.6 Å². The molecule has 0 aromatic heterocycles. The van der Waals surface area contributed by atoms with E-state index in [1.54, 1.807) is 13.8 Å². The highest BCUT2D eigenvalue weighted by Crippen LogP contribution is 2.44. The normalized spacial score (nSPS) is 14.1. The first kappa shape index (κ1) is 25.3. The van der Waals surface area contributed by atoms with Crippen LogP contribution >= 0.6 is 0 Å². The Bertz CT molecular complexity index is 974. The lowest BCUT2D eigenvalue weighted by atomic mass is 9.98. The third kappa shape index (κ3) is 6.16. The van der Waals surface area contributed by atoms with Crippen LogP contribution in [0.2, 0.25) is 0 Å². The van der Waals surface area contributed by atoms with Crippen LogP contribution in [0.3, 0.4) is 0 Å². The summed E-state index contributed by atoms with van der Waals surface area (Å²) < 4.78 is 5.61. The van der Waals surface area contributed by atoms with Crippen molar-refractivity contribution in [2.45, 2.75) is 64.5 Å². The molecule has 0 fully saturated rings. The third-order valence-corrected chi connectivity index (χ3v) is 6.25.